The Hall–Kier alpha value is -1.20. The molecule has 1 N–H and O–H groups in total. The summed E-state index contributed by atoms with van der Waals surface area (Å²) >= 11 is 0. The highest BCUT2D eigenvalue weighted by atomic mass is 15.3. The molecule has 1 saturated carbocycles. The fraction of sp³-hybridized carbons (Fsp3) is 0.750. The largest absolute Gasteiger partial charge is 0.369 e. The monoisotopic (exact) mass is 289 g/mol. The second kappa shape index (κ2) is 6.28. The van der Waals surface area contributed by atoms with Crippen LogP contribution in [-0.2, 0) is 6.42 Å². The number of likely N-dealkylation sites (N-methyl/N-ethyl adjacent to an activating group) is 1. The predicted molar refractivity (Wildman–Crippen MR) is 85.5 cm³/mol. The Labute approximate surface area is 127 Å². The van der Waals surface area contributed by atoms with Crippen LogP contribution >= 0.6 is 0 Å². The van der Waals surface area contributed by atoms with Crippen LogP contribution in [0, 0.1) is 5.41 Å². The van der Waals surface area contributed by atoms with Gasteiger partial charge in [-0.3, -0.25) is 0 Å². The third kappa shape index (κ3) is 3.92. The lowest BCUT2D eigenvalue weighted by Gasteiger charge is -2.35. The highest BCUT2D eigenvalue weighted by Gasteiger charge is 2.43. The molecule has 1 saturated heterocycles. The lowest BCUT2D eigenvalue weighted by atomic mass is 10.1. The first-order valence-corrected chi connectivity index (χ1v) is 8.15. The van der Waals surface area contributed by atoms with Crippen molar-refractivity contribution in [3.8, 4) is 0 Å². The maximum absolute atomic E-state index is 4.33. The van der Waals surface area contributed by atoms with Gasteiger partial charge in [0, 0.05) is 56.4 Å². The molecule has 1 aliphatic heterocycles. The normalized spacial score (nSPS) is 22.2. The standard InChI is InChI=1S/C16H27N5/c1-3-14-10-15(19-13-18-14)17-11-16(4-5-16)12-21-8-6-20(2)7-9-21/h10,13H,3-9,11-12H2,1-2H3,(H,17,18,19). The summed E-state index contributed by atoms with van der Waals surface area (Å²) in [5.74, 6) is 0.978. The van der Waals surface area contributed by atoms with Crippen LogP contribution < -0.4 is 5.32 Å². The average molecular weight is 289 g/mol. The molecule has 5 nitrogen and oxygen atoms in total. The fourth-order valence-corrected chi connectivity index (χ4v) is 3.01. The van der Waals surface area contributed by atoms with Crippen molar-refractivity contribution in [1.82, 2.24) is 19.8 Å². The minimum atomic E-state index is 0.479. The SMILES string of the molecule is CCc1cc(NCC2(CN3CCN(C)CC3)CC2)ncn1. The minimum Gasteiger partial charge on any atom is -0.369 e. The molecule has 1 aromatic heterocycles. The molecule has 0 radical (unpaired) electrons. The number of nitrogens with zero attached hydrogens (tertiary/aromatic N) is 4. The Balaban J connectivity index is 1.50. The molecule has 2 aliphatic rings. The van der Waals surface area contributed by atoms with Crippen LogP contribution in [0.2, 0.25) is 0 Å². The van der Waals surface area contributed by atoms with Gasteiger partial charge in [-0.05, 0) is 26.3 Å². The van der Waals surface area contributed by atoms with E-state index in [0.29, 0.717) is 5.41 Å². The summed E-state index contributed by atoms with van der Waals surface area (Å²) in [5.41, 5.74) is 1.59. The van der Waals surface area contributed by atoms with Crippen molar-refractivity contribution in [3.63, 3.8) is 0 Å². The lowest BCUT2D eigenvalue weighted by molar-refractivity contribution is 0.133. The predicted octanol–water partition coefficient (Wildman–Crippen LogP) is 1.48. The molecule has 116 valence electrons. The van der Waals surface area contributed by atoms with Crippen LogP contribution in [-0.4, -0.2) is 66.1 Å². The minimum absolute atomic E-state index is 0.479. The van der Waals surface area contributed by atoms with Crippen molar-refractivity contribution in [2.45, 2.75) is 26.2 Å². The van der Waals surface area contributed by atoms with E-state index in [2.05, 4.69) is 45.1 Å². The van der Waals surface area contributed by atoms with Crippen LogP contribution in [0.5, 0.6) is 0 Å². The summed E-state index contributed by atoms with van der Waals surface area (Å²) in [6.07, 6.45) is 5.32. The van der Waals surface area contributed by atoms with E-state index in [1.54, 1.807) is 6.33 Å². The summed E-state index contributed by atoms with van der Waals surface area (Å²) in [4.78, 5) is 13.6. The molecule has 5 heteroatoms. The molecular formula is C16H27N5. The number of aryl methyl sites for hydroxylation is 1. The summed E-state index contributed by atoms with van der Waals surface area (Å²) in [5, 5.41) is 3.53. The second-order valence-electron chi connectivity index (χ2n) is 6.68. The van der Waals surface area contributed by atoms with Gasteiger partial charge in [0.1, 0.15) is 12.1 Å². The van der Waals surface area contributed by atoms with Gasteiger partial charge in [0.2, 0.25) is 0 Å². The smallest absolute Gasteiger partial charge is 0.129 e. The topological polar surface area (TPSA) is 44.3 Å². The zero-order valence-electron chi connectivity index (χ0n) is 13.3. The first kappa shape index (κ1) is 14.7. The summed E-state index contributed by atoms with van der Waals surface area (Å²) in [7, 11) is 2.21. The zero-order chi connectivity index (χ0) is 14.7. The van der Waals surface area contributed by atoms with Crippen LogP contribution in [0.3, 0.4) is 0 Å². The molecule has 0 bridgehead atoms. The van der Waals surface area contributed by atoms with Gasteiger partial charge in [-0.2, -0.15) is 0 Å². The molecular weight excluding hydrogens is 262 g/mol. The molecule has 2 heterocycles. The van der Waals surface area contributed by atoms with E-state index in [1.807, 2.05) is 0 Å². The van der Waals surface area contributed by atoms with Crippen LogP contribution in [0.1, 0.15) is 25.5 Å². The number of hydrogen-bond acceptors (Lipinski definition) is 5. The van der Waals surface area contributed by atoms with Crippen molar-refractivity contribution >= 4 is 5.82 Å². The van der Waals surface area contributed by atoms with Gasteiger partial charge >= 0.3 is 0 Å². The van der Waals surface area contributed by atoms with Crippen LogP contribution in [0.15, 0.2) is 12.4 Å². The molecule has 0 aromatic carbocycles. The first-order chi connectivity index (χ1) is 10.2. The highest BCUT2D eigenvalue weighted by molar-refractivity contribution is 5.35. The molecule has 0 spiro atoms. The number of piperazine rings is 1. The lowest BCUT2D eigenvalue weighted by Crippen LogP contribution is -2.47. The number of aromatic nitrogens is 2. The zero-order valence-corrected chi connectivity index (χ0v) is 13.3. The first-order valence-electron chi connectivity index (χ1n) is 8.15. The van der Waals surface area contributed by atoms with Crippen molar-refractivity contribution in [2.24, 2.45) is 5.41 Å². The van der Waals surface area contributed by atoms with E-state index in [-0.39, 0.29) is 0 Å². The Morgan fingerprint density at radius 3 is 2.62 bits per heavy atom. The average Bonchev–Trinajstić information content (AvgIpc) is 3.28. The molecule has 3 rings (SSSR count). The van der Waals surface area contributed by atoms with E-state index in [4.69, 9.17) is 0 Å². The van der Waals surface area contributed by atoms with Gasteiger partial charge < -0.3 is 15.1 Å². The molecule has 1 aliphatic carbocycles. The van der Waals surface area contributed by atoms with Gasteiger partial charge in [-0.1, -0.05) is 6.92 Å². The van der Waals surface area contributed by atoms with Gasteiger partial charge in [0.15, 0.2) is 0 Å². The van der Waals surface area contributed by atoms with Gasteiger partial charge in [-0.15, -0.1) is 0 Å². The van der Waals surface area contributed by atoms with Gasteiger partial charge in [-0.25, -0.2) is 9.97 Å². The third-order valence-electron chi connectivity index (χ3n) is 4.84. The summed E-state index contributed by atoms with van der Waals surface area (Å²) in [6.45, 7) is 9.24. The molecule has 2 fully saturated rings. The van der Waals surface area contributed by atoms with E-state index in [0.717, 1.165) is 24.5 Å². The van der Waals surface area contributed by atoms with Crippen LogP contribution in [0.4, 0.5) is 5.82 Å². The van der Waals surface area contributed by atoms with Crippen molar-refractivity contribution in [1.29, 1.82) is 0 Å². The molecule has 1 aromatic rings. The van der Waals surface area contributed by atoms with Crippen molar-refractivity contribution in [2.75, 3.05) is 51.6 Å². The third-order valence-corrected chi connectivity index (χ3v) is 4.84. The van der Waals surface area contributed by atoms with E-state index in [9.17, 15) is 0 Å². The quantitative estimate of drug-likeness (QED) is 0.859. The molecule has 0 amide bonds. The second-order valence-corrected chi connectivity index (χ2v) is 6.68. The Bertz CT molecular complexity index is 463. The van der Waals surface area contributed by atoms with Crippen molar-refractivity contribution in [3.05, 3.63) is 18.1 Å². The molecule has 21 heavy (non-hydrogen) atoms. The number of rotatable bonds is 6. The number of anilines is 1. The van der Waals surface area contributed by atoms with E-state index < -0.39 is 0 Å². The number of hydrogen-bond donors (Lipinski definition) is 1. The Kier molecular flexibility index (Phi) is 4.40. The Morgan fingerprint density at radius 1 is 1.19 bits per heavy atom. The van der Waals surface area contributed by atoms with E-state index in [1.165, 1.54) is 45.6 Å². The van der Waals surface area contributed by atoms with Gasteiger partial charge in [0.25, 0.3) is 0 Å². The highest BCUT2D eigenvalue weighted by Crippen LogP contribution is 2.46. The maximum Gasteiger partial charge on any atom is 0.129 e. The fourth-order valence-electron chi connectivity index (χ4n) is 3.01. The molecule has 0 unspecified atom stereocenters. The van der Waals surface area contributed by atoms with E-state index >= 15 is 0 Å². The Morgan fingerprint density at radius 2 is 1.95 bits per heavy atom. The van der Waals surface area contributed by atoms with Crippen molar-refractivity contribution < 1.29 is 0 Å². The summed E-state index contributed by atoms with van der Waals surface area (Å²) in [6, 6.07) is 2.08. The van der Waals surface area contributed by atoms with Crippen LogP contribution in [0.25, 0.3) is 0 Å². The maximum atomic E-state index is 4.33. The summed E-state index contributed by atoms with van der Waals surface area (Å²) < 4.78 is 0. The van der Waals surface area contributed by atoms with Gasteiger partial charge in [0.05, 0.1) is 0 Å². The molecule has 0 atom stereocenters. The number of nitrogens with one attached hydrogen (secondary N) is 1.